The van der Waals surface area contributed by atoms with Gasteiger partial charge in [0.05, 0.1) is 0 Å². The van der Waals surface area contributed by atoms with Gasteiger partial charge in [0.15, 0.2) is 12.4 Å². The van der Waals surface area contributed by atoms with E-state index in [1.165, 1.54) is 12.5 Å². The van der Waals surface area contributed by atoms with Gasteiger partial charge in [-0.15, -0.1) is 0 Å². The summed E-state index contributed by atoms with van der Waals surface area (Å²) in [5.41, 5.74) is 2.01. The van der Waals surface area contributed by atoms with Crippen LogP contribution in [0.1, 0.15) is 42.1 Å². The molecule has 0 unspecified atom stereocenters. The van der Waals surface area contributed by atoms with Crippen LogP contribution in [0.5, 0.6) is 5.75 Å². The number of amides is 1. The molecule has 1 saturated heterocycles. The third kappa shape index (κ3) is 7.02. The lowest BCUT2D eigenvalue weighted by Crippen LogP contribution is -2.49. The molecule has 1 atom stereocenters. The van der Waals surface area contributed by atoms with Gasteiger partial charge in [0.1, 0.15) is 5.75 Å². The van der Waals surface area contributed by atoms with Crippen LogP contribution < -0.4 is 10.1 Å². The van der Waals surface area contributed by atoms with Gasteiger partial charge in [0.25, 0.3) is 5.91 Å². The summed E-state index contributed by atoms with van der Waals surface area (Å²) in [6, 6.07) is 17.6. The highest BCUT2D eigenvalue weighted by atomic mass is 16.5. The molecule has 5 heteroatoms. The first-order chi connectivity index (χ1) is 14.1. The van der Waals surface area contributed by atoms with Crippen molar-refractivity contribution in [3.05, 3.63) is 65.7 Å². The van der Waals surface area contributed by atoms with E-state index in [4.69, 9.17) is 4.74 Å². The Bertz CT molecular complexity index is 790. The number of hydrogen-bond donors (Lipinski definition) is 1. The summed E-state index contributed by atoms with van der Waals surface area (Å²) in [7, 11) is 0. The number of hydrogen-bond acceptors (Lipinski definition) is 4. The second kappa shape index (κ2) is 10.8. The van der Waals surface area contributed by atoms with E-state index in [9.17, 15) is 9.59 Å². The van der Waals surface area contributed by atoms with Crippen LogP contribution in [0.2, 0.25) is 0 Å². The van der Waals surface area contributed by atoms with Gasteiger partial charge in [-0.05, 0) is 75.5 Å². The Kier molecular flexibility index (Phi) is 7.82. The van der Waals surface area contributed by atoms with Crippen molar-refractivity contribution >= 4 is 11.7 Å². The van der Waals surface area contributed by atoms with Crippen LogP contribution in [0.4, 0.5) is 0 Å². The number of aryl methyl sites for hydroxylation is 1. The topological polar surface area (TPSA) is 58.6 Å². The quantitative estimate of drug-likeness (QED) is 0.662. The molecular weight excluding hydrogens is 364 g/mol. The summed E-state index contributed by atoms with van der Waals surface area (Å²) in [5.74, 6) is 0.507. The van der Waals surface area contributed by atoms with Gasteiger partial charge in [-0.1, -0.05) is 30.3 Å². The molecule has 0 saturated carbocycles. The average Bonchev–Trinajstić information content (AvgIpc) is 2.74. The number of carbonyl (C=O) groups excluding carboxylic acids is 2. The SMILES string of the molecule is CC(=O)c1ccc(OCC(=O)N[C@H]2CCCN(CCCc3ccccc3)C2)cc1. The second-order valence-corrected chi connectivity index (χ2v) is 7.67. The maximum absolute atomic E-state index is 12.3. The van der Waals surface area contributed by atoms with Gasteiger partial charge in [-0.2, -0.15) is 0 Å². The molecule has 0 spiro atoms. The number of likely N-dealkylation sites (tertiary alicyclic amines) is 1. The smallest absolute Gasteiger partial charge is 0.258 e. The summed E-state index contributed by atoms with van der Waals surface area (Å²) < 4.78 is 5.55. The van der Waals surface area contributed by atoms with Gasteiger partial charge in [-0.3, -0.25) is 9.59 Å². The molecule has 1 fully saturated rings. The molecule has 0 radical (unpaired) electrons. The van der Waals surface area contributed by atoms with Gasteiger partial charge in [0.2, 0.25) is 0 Å². The van der Waals surface area contributed by atoms with Gasteiger partial charge in [-0.25, -0.2) is 0 Å². The maximum atomic E-state index is 12.3. The van der Waals surface area contributed by atoms with Crippen LogP contribution in [-0.2, 0) is 11.2 Å². The highest BCUT2D eigenvalue weighted by Crippen LogP contribution is 2.14. The highest BCUT2D eigenvalue weighted by Gasteiger charge is 2.21. The van der Waals surface area contributed by atoms with E-state index in [1.807, 2.05) is 6.07 Å². The zero-order chi connectivity index (χ0) is 20.5. The molecule has 3 rings (SSSR count). The highest BCUT2D eigenvalue weighted by molar-refractivity contribution is 5.94. The lowest BCUT2D eigenvalue weighted by atomic mass is 10.0. The van der Waals surface area contributed by atoms with E-state index >= 15 is 0 Å². The molecule has 2 aromatic rings. The van der Waals surface area contributed by atoms with Crippen molar-refractivity contribution in [3.8, 4) is 5.75 Å². The van der Waals surface area contributed by atoms with Crippen LogP contribution in [-0.4, -0.2) is 48.9 Å². The fourth-order valence-corrected chi connectivity index (χ4v) is 3.73. The number of piperidine rings is 1. The summed E-state index contributed by atoms with van der Waals surface area (Å²) in [6.07, 6.45) is 4.33. The van der Waals surface area contributed by atoms with Crippen LogP contribution in [0.15, 0.2) is 54.6 Å². The molecule has 29 heavy (non-hydrogen) atoms. The first-order valence-electron chi connectivity index (χ1n) is 10.4. The fourth-order valence-electron chi connectivity index (χ4n) is 3.73. The largest absolute Gasteiger partial charge is 0.484 e. The normalized spacial score (nSPS) is 16.9. The van der Waals surface area contributed by atoms with Gasteiger partial charge >= 0.3 is 0 Å². The predicted molar refractivity (Wildman–Crippen MR) is 114 cm³/mol. The Balaban J connectivity index is 1.36. The molecule has 1 N–H and O–H groups in total. The first-order valence-corrected chi connectivity index (χ1v) is 10.4. The van der Waals surface area contributed by atoms with Crippen LogP contribution >= 0.6 is 0 Å². The Morgan fingerprint density at radius 1 is 1.10 bits per heavy atom. The lowest BCUT2D eigenvalue weighted by Gasteiger charge is -2.33. The molecular formula is C24H30N2O3. The summed E-state index contributed by atoms with van der Waals surface area (Å²) in [5, 5.41) is 3.10. The van der Waals surface area contributed by atoms with E-state index in [0.29, 0.717) is 11.3 Å². The second-order valence-electron chi connectivity index (χ2n) is 7.67. The monoisotopic (exact) mass is 394 g/mol. The van der Waals surface area contributed by atoms with Crippen LogP contribution in [0.25, 0.3) is 0 Å². The minimum Gasteiger partial charge on any atom is -0.484 e. The van der Waals surface area contributed by atoms with Crippen molar-refractivity contribution in [1.82, 2.24) is 10.2 Å². The Morgan fingerprint density at radius 3 is 2.59 bits per heavy atom. The molecule has 2 aromatic carbocycles. The standard InChI is InChI=1S/C24H30N2O3/c1-19(27)21-11-13-23(14-12-21)29-18-24(28)25-22-10-6-16-26(17-22)15-5-9-20-7-3-2-4-8-20/h2-4,7-8,11-14,22H,5-6,9-10,15-18H2,1H3,(H,25,28)/t22-/m0/s1. The van der Waals surface area contributed by atoms with E-state index in [-0.39, 0.29) is 24.3 Å². The van der Waals surface area contributed by atoms with Crippen molar-refractivity contribution in [3.63, 3.8) is 0 Å². The Morgan fingerprint density at radius 2 is 1.86 bits per heavy atom. The van der Waals surface area contributed by atoms with Crippen molar-refractivity contribution in [2.45, 2.75) is 38.6 Å². The number of carbonyl (C=O) groups is 2. The minimum absolute atomic E-state index is 0.00999. The molecule has 154 valence electrons. The molecule has 1 aliphatic heterocycles. The Labute approximate surface area is 173 Å². The zero-order valence-corrected chi connectivity index (χ0v) is 17.1. The van der Waals surface area contributed by atoms with Crippen molar-refractivity contribution in [2.24, 2.45) is 0 Å². The van der Waals surface area contributed by atoms with Crippen LogP contribution in [0.3, 0.4) is 0 Å². The zero-order valence-electron chi connectivity index (χ0n) is 17.1. The number of nitrogens with zero attached hydrogens (tertiary/aromatic N) is 1. The number of nitrogens with one attached hydrogen (secondary N) is 1. The number of rotatable bonds is 9. The van der Waals surface area contributed by atoms with Gasteiger partial charge < -0.3 is 15.0 Å². The minimum atomic E-state index is -0.100. The molecule has 5 nitrogen and oxygen atoms in total. The third-order valence-corrected chi connectivity index (χ3v) is 5.28. The molecule has 1 amide bonds. The number of benzene rings is 2. The predicted octanol–water partition coefficient (Wildman–Crippen LogP) is 3.48. The van der Waals surface area contributed by atoms with Crippen molar-refractivity contribution < 1.29 is 14.3 Å². The van der Waals surface area contributed by atoms with Gasteiger partial charge in [0, 0.05) is 18.2 Å². The average molecular weight is 395 g/mol. The molecule has 1 aliphatic rings. The van der Waals surface area contributed by atoms with E-state index in [1.54, 1.807) is 24.3 Å². The van der Waals surface area contributed by atoms with E-state index in [0.717, 1.165) is 45.3 Å². The number of Topliss-reactive ketones (excluding diaryl/α,β-unsaturated/α-hetero) is 1. The van der Waals surface area contributed by atoms with Crippen LogP contribution in [0, 0.1) is 0 Å². The lowest BCUT2D eigenvalue weighted by molar-refractivity contribution is -0.124. The molecule has 0 aromatic heterocycles. The van der Waals surface area contributed by atoms with Crippen molar-refractivity contribution in [2.75, 3.05) is 26.2 Å². The summed E-state index contributed by atoms with van der Waals surface area (Å²) in [4.78, 5) is 26.0. The summed E-state index contributed by atoms with van der Waals surface area (Å²) >= 11 is 0. The fraction of sp³-hybridized carbons (Fsp3) is 0.417. The number of ketones is 1. The molecule has 0 aliphatic carbocycles. The molecule has 0 bridgehead atoms. The Hall–Kier alpha value is -2.66. The molecule has 1 heterocycles. The first kappa shape index (κ1) is 21.1. The number of ether oxygens (including phenoxy) is 1. The van der Waals surface area contributed by atoms with E-state index < -0.39 is 0 Å². The maximum Gasteiger partial charge on any atom is 0.258 e. The third-order valence-electron chi connectivity index (χ3n) is 5.28. The van der Waals surface area contributed by atoms with Crippen molar-refractivity contribution in [1.29, 1.82) is 0 Å². The summed E-state index contributed by atoms with van der Waals surface area (Å²) in [6.45, 7) is 4.57. The van der Waals surface area contributed by atoms with E-state index in [2.05, 4.69) is 34.5 Å².